The van der Waals surface area contributed by atoms with Crippen molar-refractivity contribution in [3.63, 3.8) is 0 Å². The van der Waals surface area contributed by atoms with Crippen LogP contribution in [0.2, 0.25) is 0 Å². The molecule has 0 heteroatoms. The molecule has 65 heavy (non-hydrogen) atoms. The summed E-state index contributed by atoms with van der Waals surface area (Å²) in [6, 6.07) is 57.5. The Bertz CT molecular complexity index is 2880. The van der Waals surface area contributed by atoms with E-state index in [-0.39, 0.29) is 16.2 Å². The summed E-state index contributed by atoms with van der Waals surface area (Å²) in [5, 5.41) is 5.55. The Labute approximate surface area is 389 Å². The summed E-state index contributed by atoms with van der Waals surface area (Å²) in [5.41, 5.74) is 23.7. The molecule has 0 spiro atoms. The molecule has 3 aliphatic rings. The van der Waals surface area contributed by atoms with Crippen LogP contribution in [0.5, 0.6) is 0 Å². The van der Waals surface area contributed by atoms with Gasteiger partial charge in [-0.25, -0.2) is 0 Å². The van der Waals surface area contributed by atoms with Crippen LogP contribution < -0.4 is 0 Å². The standard InChI is InChI=1S/C65H66/c1-7-31-63(32-8-2)55-41-53-57(64(33-9-3,34-10-4)59-37-49(43-23-15-13-16-24-43)45-27-19-21-29-47(45)61(53)59)39-51(55)52-40-58-54(42-56(52)63)62-48-30-22-20-28-46(48)50(44-25-17-14-18-26-44)38-60(62)65(58,35-11-5)36-12-6/h13-30,37-42H,7-12,31-36H2,1-6H3. The van der Waals surface area contributed by atoms with Crippen LogP contribution in [0, 0.1) is 0 Å². The molecule has 0 aromatic heterocycles. The normalized spacial score (nSPS) is 15.4. The van der Waals surface area contributed by atoms with Gasteiger partial charge in [0, 0.05) is 16.2 Å². The van der Waals surface area contributed by atoms with Crippen LogP contribution in [0.15, 0.2) is 146 Å². The van der Waals surface area contributed by atoms with E-state index in [9.17, 15) is 0 Å². The Kier molecular flexibility index (Phi) is 10.5. The van der Waals surface area contributed by atoms with Gasteiger partial charge in [-0.1, -0.05) is 189 Å². The first-order valence-corrected chi connectivity index (χ1v) is 25.6. The predicted octanol–water partition coefficient (Wildman–Crippen LogP) is 18.9. The third-order valence-corrected chi connectivity index (χ3v) is 16.6. The zero-order valence-corrected chi connectivity index (χ0v) is 39.8. The SMILES string of the molecule is CCCC1(CCC)c2cc3c(cc2-c2cc4c(cc21)-c1c(cc(-c2ccccc2)c2ccccc12)C4(CCC)CCC)C(CCC)(CCC)c1cc(-c2ccccc2)c2ccccc2c1-3. The fourth-order valence-electron chi connectivity index (χ4n) is 14.4. The van der Waals surface area contributed by atoms with E-state index in [0.29, 0.717) is 0 Å². The van der Waals surface area contributed by atoms with Crippen LogP contribution >= 0.6 is 0 Å². The van der Waals surface area contributed by atoms with Crippen LogP contribution in [-0.2, 0) is 16.2 Å². The summed E-state index contributed by atoms with van der Waals surface area (Å²) in [7, 11) is 0. The second kappa shape index (κ2) is 16.3. The summed E-state index contributed by atoms with van der Waals surface area (Å²) in [6.07, 6.45) is 13.8. The molecule has 0 fully saturated rings. The molecular formula is C65H66. The molecule has 326 valence electrons. The highest BCUT2D eigenvalue weighted by molar-refractivity contribution is 6.11. The first-order valence-electron chi connectivity index (χ1n) is 25.6. The van der Waals surface area contributed by atoms with Crippen molar-refractivity contribution in [1.29, 1.82) is 0 Å². The largest absolute Gasteiger partial charge is 0.0653 e. The molecule has 0 bridgehead atoms. The van der Waals surface area contributed by atoms with Gasteiger partial charge < -0.3 is 0 Å². The molecule has 11 rings (SSSR count). The van der Waals surface area contributed by atoms with Crippen LogP contribution in [0.3, 0.4) is 0 Å². The molecule has 3 aliphatic carbocycles. The first kappa shape index (κ1) is 41.9. The highest BCUT2D eigenvalue weighted by Gasteiger charge is 2.51. The van der Waals surface area contributed by atoms with Crippen molar-refractivity contribution in [2.75, 3.05) is 0 Å². The molecule has 0 amide bonds. The van der Waals surface area contributed by atoms with Gasteiger partial charge in [0.25, 0.3) is 0 Å². The van der Waals surface area contributed by atoms with E-state index in [2.05, 4.69) is 187 Å². The lowest BCUT2D eigenvalue weighted by atomic mass is 9.69. The highest BCUT2D eigenvalue weighted by Crippen LogP contribution is 2.65. The highest BCUT2D eigenvalue weighted by atomic mass is 14.5. The smallest absolute Gasteiger partial charge is 0.0215 e. The summed E-state index contributed by atoms with van der Waals surface area (Å²) >= 11 is 0. The molecule has 0 saturated carbocycles. The van der Waals surface area contributed by atoms with E-state index in [1.54, 1.807) is 33.4 Å². The first-order chi connectivity index (χ1) is 31.9. The van der Waals surface area contributed by atoms with Gasteiger partial charge >= 0.3 is 0 Å². The number of hydrogen-bond donors (Lipinski definition) is 0. The van der Waals surface area contributed by atoms with Crippen molar-refractivity contribution >= 4 is 21.5 Å². The molecule has 8 aromatic rings. The second-order valence-electron chi connectivity index (χ2n) is 20.1. The van der Waals surface area contributed by atoms with E-state index in [1.165, 1.54) is 77.2 Å². The summed E-state index contributed by atoms with van der Waals surface area (Å²) < 4.78 is 0. The molecular weight excluding hydrogens is 781 g/mol. The minimum atomic E-state index is -0.0559. The van der Waals surface area contributed by atoms with Crippen molar-refractivity contribution in [2.45, 2.75) is 135 Å². The lowest BCUT2D eigenvalue weighted by Crippen LogP contribution is -2.27. The lowest BCUT2D eigenvalue weighted by Gasteiger charge is -2.34. The number of benzene rings is 8. The maximum atomic E-state index is 2.79. The molecule has 0 N–H and O–H groups in total. The maximum absolute atomic E-state index is 2.79. The Morgan fingerprint density at radius 2 is 0.523 bits per heavy atom. The molecule has 0 saturated heterocycles. The summed E-state index contributed by atoms with van der Waals surface area (Å²) in [6.45, 7) is 14.5. The van der Waals surface area contributed by atoms with Gasteiger partial charge in [-0.2, -0.15) is 0 Å². The van der Waals surface area contributed by atoms with Gasteiger partial charge in [-0.3, -0.25) is 0 Å². The quantitative estimate of drug-likeness (QED) is 0.102. The number of hydrogen-bond acceptors (Lipinski definition) is 0. The number of rotatable bonds is 14. The molecule has 0 atom stereocenters. The van der Waals surface area contributed by atoms with Crippen LogP contribution in [0.4, 0.5) is 0 Å². The van der Waals surface area contributed by atoms with Gasteiger partial charge in [0.05, 0.1) is 0 Å². The summed E-state index contributed by atoms with van der Waals surface area (Å²) in [4.78, 5) is 0. The van der Waals surface area contributed by atoms with Crippen LogP contribution in [0.25, 0.3) is 77.2 Å². The molecule has 0 nitrogen and oxygen atoms in total. The third kappa shape index (κ3) is 5.94. The van der Waals surface area contributed by atoms with Crippen molar-refractivity contribution < 1.29 is 0 Å². The van der Waals surface area contributed by atoms with Gasteiger partial charge in [0.2, 0.25) is 0 Å². The van der Waals surface area contributed by atoms with E-state index < -0.39 is 0 Å². The fraction of sp³-hybridized carbons (Fsp3) is 0.323. The Morgan fingerprint density at radius 3 is 0.862 bits per heavy atom. The minimum absolute atomic E-state index is 0.0500. The van der Waals surface area contributed by atoms with E-state index >= 15 is 0 Å². The maximum Gasteiger partial charge on any atom is 0.0215 e. The second-order valence-corrected chi connectivity index (χ2v) is 20.1. The topological polar surface area (TPSA) is 0 Å². The average molecular weight is 847 g/mol. The third-order valence-electron chi connectivity index (χ3n) is 16.6. The Morgan fingerprint density at radius 1 is 0.262 bits per heavy atom. The monoisotopic (exact) mass is 847 g/mol. The average Bonchev–Trinajstić information content (AvgIpc) is 3.86. The summed E-state index contributed by atoms with van der Waals surface area (Å²) in [5.74, 6) is 0. The zero-order valence-electron chi connectivity index (χ0n) is 39.8. The van der Waals surface area contributed by atoms with Crippen molar-refractivity contribution in [3.8, 4) is 55.6 Å². The van der Waals surface area contributed by atoms with Crippen molar-refractivity contribution in [2.24, 2.45) is 0 Å². The van der Waals surface area contributed by atoms with Gasteiger partial charge in [-0.05, 0) is 185 Å². The minimum Gasteiger partial charge on any atom is -0.0653 e. The van der Waals surface area contributed by atoms with Crippen molar-refractivity contribution in [3.05, 3.63) is 179 Å². The fourth-order valence-corrected chi connectivity index (χ4v) is 14.4. The van der Waals surface area contributed by atoms with Crippen molar-refractivity contribution in [1.82, 2.24) is 0 Å². The molecule has 0 heterocycles. The number of fused-ring (bicyclic) bond motifs is 13. The van der Waals surface area contributed by atoms with E-state index in [0.717, 1.165) is 77.0 Å². The predicted molar refractivity (Wildman–Crippen MR) is 280 cm³/mol. The van der Waals surface area contributed by atoms with E-state index in [1.807, 2.05) is 0 Å². The zero-order chi connectivity index (χ0) is 44.5. The van der Waals surface area contributed by atoms with Crippen LogP contribution in [-0.4, -0.2) is 0 Å². The van der Waals surface area contributed by atoms with Gasteiger partial charge in [0.15, 0.2) is 0 Å². The molecule has 0 radical (unpaired) electrons. The lowest BCUT2D eigenvalue weighted by molar-refractivity contribution is 0.430. The molecule has 0 unspecified atom stereocenters. The van der Waals surface area contributed by atoms with Gasteiger partial charge in [-0.15, -0.1) is 0 Å². The Hall–Kier alpha value is -5.72. The Balaban J connectivity index is 1.23. The van der Waals surface area contributed by atoms with E-state index in [4.69, 9.17) is 0 Å². The van der Waals surface area contributed by atoms with Crippen LogP contribution in [0.1, 0.15) is 152 Å². The molecule has 0 aliphatic heterocycles. The molecule has 8 aromatic carbocycles. The van der Waals surface area contributed by atoms with Gasteiger partial charge in [0.1, 0.15) is 0 Å².